The second kappa shape index (κ2) is 6.38. The zero-order valence-corrected chi connectivity index (χ0v) is 13.0. The molecule has 1 N–H and O–H groups in total. The van der Waals surface area contributed by atoms with Gasteiger partial charge in [-0.05, 0) is 26.0 Å². The van der Waals surface area contributed by atoms with Gasteiger partial charge in [0, 0.05) is 24.5 Å². The first-order chi connectivity index (χ1) is 10.4. The number of amides is 1. The van der Waals surface area contributed by atoms with Crippen molar-refractivity contribution >= 4 is 11.9 Å². The van der Waals surface area contributed by atoms with Gasteiger partial charge < -0.3 is 10.1 Å². The van der Waals surface area contributed by atoms with Gasteiger partial charge >= 0.3 is 5.97 Å². The summed E-state index contributed by atoms with van der Waals surface area (Å²) in [6.45, 7) is 3.82. The molecule has 2 aromatic heterocycles. The summed E-state index contributed by atoms with van der Waals surface area (Å²) in [5.74, 6) is -0.800. The number of aromatic nitrogens is 3. The standard InChI is InChI=1S/C15H18N4O3/c1-9(12-8-17-19(3)10(12)2)18-14(20)13-6-5-11(7-16-13)15(21)22-4/h5-9H,1-4H3,(H,18,20). The molecule has 7 heteroatoms. The van der Waals surface area contributed by atoms with Crippen LogP contribution in [0.3, 0.4) is 0 Å². The number of hydrogen-bond donors (Lipinski definition) is 1. The number of carbonyl (C=O) groups is 2. The fourth-order valence-corrected chi connectivity index (χ4v) is 2.06. The van der Waals surface area contributed by atoms with E-state index in [0.29, 0.717) is 5.56 Å². The number of methoxy groups -OCH3 is 1. The van der Waals surface area contributed by atoms with Gasteiger partial charge in [-0.15, -0.1) is 0 Å². The molecule has 0 aliphatic rings. The van der Waals surface area contributed by atoms with Gasteiger partial charge in [0.1, 0.15) is 5.69 Å². The molecule has 0 aromatic carbocycles. The van der Waals surface area contributed by atoms with Gasteiger partial charge in [0.05, 0.1) is 24.9 Å². The summed E-state index contributed by atoms with van der Waals surface area (Å²) in [6.07, 6.45) is 3.05. The van der Waals surface area contributed by atoms with E-state index in [2.05, 4.69) is 20.1 Å². The van der Waals surface area contributed by atoms with Gasteiger partial charge in [0.25, 0.3) is 5.91 Å². The lowest BCUT2D eigenvalue weighted by molar-refractivity contribution is 0.0599. The molecule has 22 heavy (non-hydrogen) atoms. The first-order valence-corrected chi connectivity index (χ1v) is 6.77. The van der Waals surface area contributed by atoms with Gasteiger partial charge in [0.2, 0.25) is 0 Å². The van der Waals surface area contributed by atoms with Crippen molar-refractivity contribution in [2.75, 3.05) is 7.11 Å². The van der Waals surface area contributed by atoms with E-state index >= 15 is 0 Å². The first-order valence-electron chi connectivity index (χ1n) is 6.77. The molecule has 2 aromatic rings. The maximum absolute atomic E-state index is 12.2. The monoisotopic (exact) mass is 302 g/mol. The summed E-state index contributed by atoms with van der Waals surface area (Å²) in [5, 5.41) is 7.01. The minimum absolute atomic E-state index is 0.191. The maximum atomic E-state index is 12.2. The average molecular weight is 302 g/mol. The zero-order chi connectivity index (χ0) is 16.3. The van der Waals surface area contributed by atoms with E-state index in [0.717, 1.165) is 11.3 Å². The zero-order valence-electron chi connectivity index (χ0n) is 13.0. The lowest BCUT2D eigenvalue weighted by Crippen LogP contribution is -2.27. The Kier molecular flexibility index (Phi) is 4.55. The van der Waals surface area contributed by atoms with Gasteiger partial charge in [-0.1, -0.05) is 0 Å². The Hall–Kier alpha value is -2.70. The van der Waals surface area contributed by atoms with E-state index in [1.165, 1.54) is 25.4 Å². The number of carbonyl (C=O) groups excluding carboxylic acids is 2. The summed E-state index contributed by atoms with van der Waals surface area (Å²) >= 11 is 0. The van der Waals surface area contributed by atoms with E-state index in [9.17, 15) is 9.59 Å². The predicted molar refractivity (Wildman–Crippen MR) is 79.4 cm³/mol. The molecule has 0 bridgehead atoms. The molecule has 0 fully saturated rings. The molecule has 0 spiro atoms. The van der Waals surface area contributed by atoms with Crippen LogP contribution in [0.15, 0.2) is 24.5 Å². The van der Waals surface area contributed by atoms with Crippen molar-refractivity contribution in [1.82, 2.24) is 20.1 Å². The van der Waals surface area contributed by atoms with Gasteiger partial charge in [-0.25, -0.2) is 4.79 Å². The van der Waals surface area contributed by atoms with Crippen LogP contribution in [0.4, 0.5) is 0 Å². The van der Waals surface area contributed by atoms with E-state index in [4.69, 9.17) is 0 Å². The smallest absolute Gasteiger partial charge is 0.339 e. The summed E-state index contributed by atoms with van der Waals surface area (Å²) in [7, 11) is 3.14. The fraction of sp³-hybridized carbons (Fsp3) is 0.333. The number of esters is 1. The topological polar surface area (TPSA) is 86.1 Å². The SMILES string of the molecule is COC(=O)c1ccc(C(=O)NC(C)c2cnn(C)c2C)nc1. The van der Waals surface area contributed by atoms with Crippen LogP contribution in [0, 0.1) is 6.92 Å². The van der Waals surface area contributed by atoms with Crippen molar-refractivity contribution in [3.8, 4) is 0 Å². The molecule has 2 rings (SSSR count). The normalized spacial score (nSPS) is 11.8. The third-order valence-corrected chi connectivity index (χ3v) is 3.50. The maximum Gasteiger partial charge on any atom is 0.339 e. The molecule has 116 valence electrons. The quantitative estimate of drug-likeness (QED) is 0.863. The highest BCUT2D eigenvalue weighted by Gasteiger charge is 2.16. The van der Waals surface area contributed by atoms with Crippen molar-refractivity contribution in [2.24, 2.45) is 7.05 Å². The van der Waals surface area contributed by atoms with Gasteiger partial charge in [-0.2, -0.15) is 5.10 Å². The summed E-state index contributed by atoms with van der Waals surface area (Å²) in [4.78, 5) is 27.5. The van der Waals surface area contributed by atoms with E-state index in [1.54, 1.807) is 10.9 Å². The van der Waals surface area contributed by atoms with E-state index < -0.39 is 5.97 Å². The molecule has 1 atom stereocenters. The van der Waals surface area contributed by atoms with Crippen LogP contribution in [0.5, 0.6) is 0 Å². The predicted octanol–water partition coefficient (Wildman–Crippen LogP) is 1.40. The fourth-order valence-electron chi connectivity index (χ4n) is 2.06. The average Bonchev–Trinajstić information content (AvgIpc) is 2.86. The molecule has 0 radical (unpaired) electrons. The molecule has 0 saturated heterocycles. The largest absolute Gasteiger partial charge is 0.465 e. The number of hydrogen-bond acceptors (Lipinski definition) is 5. The highest BCUT2D eigenvalue weighted by atomic mass is 16.5. The van der Waals surface area contributed by atoms with Crippen LogP contribution < -0.4 is 5.32 Å². The highest BCUT2D eigenvalue weighted by Crippen LogP contribution is 2.16. The summed E-state index contributed by atoms with van der Waals surface area (Å²) in [6, 6.07) is 2.81. The number of nitrogens with zero attached hydrogens (tertiary/aromatic N) is 3. The molecular formula is C15H18N4O3. The molecule has 0 aliphatic carbocycles. The molecule has 0 aliphatic heterocycles. The minimum atomic E-state index is -0.487. The van der Waals surface area contributed by atoms with Crippen LogP contribution in [-0.2, 0) is 11.8 Å². The van der Waals surface area contributed by atoms with E-state index in [-0.39, 0.29) is 17.6 Å². The lowest BCUT2D eigenvalue weighted by atomic mass is 10.1. The van der Waals surface area contributed by atoms with E-state index in [1.807, 2.05) is 20.9 Å². The second-order valence-electron chi connectivity index (χ2n) is 4.93. The Labute approximate surface area is 128 Å². The van der Waals surface area contributed by atoms with Crippen molar-refractivity contribution in [1.29, 1.82) is 0 Å². The van der Waals surface area contributed by atoms with Crippen LogP contribution >= 0.6 is 0 Å². The third-order valence-electron chi connectivity index (χ3n) is 3.50. The van der Waals surface area contributed by atoms with Crippen LogP contribution in [0.1, 0.15) is 45.1 Å². The Morgan fingerprint density at radius 2 is 2.05 bits per heavy atom. The van der Waals surface area contributed by atoms with Crippen molar-refractivity contribution < 1.29 is 14.3 Å². The van der Waals surface area contributed by atoms with Crippen molar-refractivity contribution in [2.45, 2.75) is 19.9 Å². The molecule has 7 nitrogen and oxygen atoms in total. The number of aryl methyl sites for hydroxylation is 1. The van der Waals surface area contributed by atoms with Crippen LogP contribution in [0.2, 0.25) is 0 Å². The Balaban J connectivity index is 2.09. The number of pyridine rings is 1. The molecule has 0 saturated carbocycles. The molecule has 2 heterocycles. The van der Waals surface area contributed by atoms with Crippen molar-refractivity contribution in [3.63, 3.8) is 0 Å². The van der Waals surface area contributed by atoms with Crippen LogP contribution in [-0.4, -0.2) is 33.8 Å². The highest BCUT2D eigenvalue weighted by molar-refractivity contribution is 5.94. The van der Waals surface area contributed by atoms with Crippen LogP contribution in [0.25, 0.3) is 0 Å². The number of nitrogens with one attached hydrogen (secondary N) is 1. The Morgan fingerprint density at radius 1 is 1.32 bits per heavy atom. The summed E-state index contributed by atoms with van der Waals surface area (Å²) < 4.78 is 6.34. The minimum Gasteiger partial charge on any atom is -0.465 e. The molecular weight excluding hydrogens is 284 g/mol. The second-order valence-corrected chi connectivity index (χ2v) is 4.93. The molecule has 1 amide bonds. The first kappa shape index (κ1) is 15.7. The number of ether oxygens (including phenoxy) is 1. The molecule has 1 unspecified atom stereocenters. The van der Waals surface area contributed by atoms with Gasteiger partial charge in [0.15, 0.2) is 0 Å². The summed E-state index contributed by atoms with van der Waals surface area (Å²) in [5.41, 5.74) is 2.47. The number of rotatable bonds is 4. The Morgan fingerprint density at radius 3 is 2.55 bits per heavy atom. The van der Waals surface area contributed by atoms with Gasteiger partial charge in [-0.3, -0.25) is 14.5 Å². The van der Waals surface area contributed by atoms with Crippen molar-refractivity contribution in [3.05, 3.63) is 47.0 Å². The third kappa shape index (κ3) is 3.13. The Bertz CT molecular complexity index is 691. The lowest BCUT2D eigenvalue weighted by Gasteiger charge is -2.13.